The molecule has 1 amide bonds. The maximum Gasteiger partial charge on any atom is 0.251 e. The van der Waals surface area contributed by atoms with E-state index in [9.17, 15) is 4.79 Å². The highest BCUT2D eigenvalue weighted by Crippen LogP contribution is 2.12. The van der Waals surface area contributed by atoms with Gasteiger partial charge in [-0.15, -0.1) is 12.4 Å². The molecule has 0 saturated carbocycles. The van der Waals surface area contributed by atoms with Crippen LogP contribution < -0.4 is 15.4 Å². The summed E-state index contributed by atoms with van der Waals surface area (Å²) in [5.41, 5.74) is 0.634. The third kappa shape index (κ3) is 6.59. The number of carbonyl (C=O) groups is 1. The van der Waals surface area contributed by atoms with Gasteiger partial charge in [0.05, 0.1) is 0 Å². The minimum atomic E-state index is -0.0694. The van der Waals surface area contributed by atoms with Gasteiger partial charge in [-0.25, -0.2) is 0 Å². The minimum Gasteiger partial charge on any atom is -0.490 e. The SMILES string of the molecule is C=CCOc1ccc(C(=O)NC[C@@H](C)NCC)cc1.Cl. The Labute approximate surface area is 127 Å². The zero-order valence-corrected chi connectivity index (χ0v) is 12.8. The van der Waals surface area contributed by atoms with Crippen LogP contribution in [0.5, 0.6) is 5.75 Å². The standard InChI is InChI=1S/C15H22N2O2.ClH/c1-4-10-19-14-8-6-13(7-9-14)15(18)17-11-12(3)16-5-2;/h4,6-9,12,16H,1,5,10-11H2,2-3H3,(H,17,18);1H/t12-;/m1./s1. The summed E-state index contributed by atoms with van der Waals surface area (Å²) >= 11 is 0. The van der Waals surface area contributed by atoms with Gasteiger partial charge >= 0.3 is 0 Å². The summed E-state index contributed by atoms with van der Waals surface area (Å²) < 4.78 is 5.36. The predicted octanol–water partition coefficient (Wildman–Crippen LogP) is 2.40. The van der Waals surface area contributed by atoms with Crippen molar-refractivity contribution in [2.45, 2.75) is 19.9 Å². The third-order valence-electron chi connectivity index (χ3n) is 2.61. The number of halogens is 1. The molecule has 0 saturated heterocycles. The third-order valence-corrected chi connectivity index (χ3v) is 2.61. The molecular weight excluding hydrogens is 276 g/mol. The van der Waals surface area contributed by atoms with E-state index in [2.05, 4.69) is 17.2 Å². The van der Waals surface area contributed by atoms with Gasteiger partial charge in [0.15, 0.2) is 0 Å². The van der Waals surface area contributed by atoms with E-state index in [1.165, 1.54) is 0 Å². The van der Waals surface area contributed by atoms with Crippen LogP contribution in [0.4, 0.5) is 0 Å². The first-order valence-electron chi connectivity index (χ1n) is 6.52. The zero-order valence-electron chi connectivity index (χ0n) is 12.0. The molecule has 1 rings (SSSR count). The molecule has 0 spiro atoms. The summed E-state index contributed by atoms with van der Waals surface area (Å²) in [6.07, 6.45) is 1.68. The van der Waals surface area contributed by atoms with Crippen molar-refractivity contribution in [3.05, 3.63) is 42.5 Å². The van der Waals surface area contributed by atoms with Crippen LogP contribution in [0.2, 0.25) is 0 Å². The Balaban J connectivity index is 0.00000361. The first kappa shape index (κ1) is 18.5. The number of hydrogen-bond acceptors (Lipinski definition) is 3. The predicted molar refractivity (Wildman–Crippen MR) is 84.9 cm³/mol. The number of rotatable bonds is 8. The van der Waals surface area contributed by atoms with Gasteiger partial charge in [0.2, 0.25) is 0 Å². The van der Waals surface area contributed by atoms with E-state index in [4.69, 9.17) is 4.74 Å². The van der Waals surface area contributed by atoms with Gasteiger partial charge in [0.25, 0.3) is 5.91 Å². The van der Waals surface area contributed by atoms with Gasteiger partial charge in [-0.05, 0) is 37.7 Å². The average molecular weight is 299 g/mol. The summed E-state index contributed by atoms with van der Waals surface area (Å²) in [7, 11) is 0. The van der Waals surface area contributed by atoms with Crippen LogP contribution in [0.3, 0.4) is 0 Å². The molecule has 20 heavy (non-hydrogen) atoms. The van der Waals surface area contributed by atoms with Crippen LogP contribution in [0.1, 0.15) is 24.2 Å². The Morgan fingerprint density at radius 2 is 2.05 bits per heavy atom. The summed E-state index contributed by atoms with van der Waals surface area (Å²) in [6, 6.07) is 7.35. The van der Waals surface area contributed by atoms with Crippen molar-refractivity contribution < 1.29 is 9.53 Å². The molecule has 5 heteroatoms. The molecule has 4 nitrogen and oxygen atoms in total. The van der Waals surface area contributed by atoms with Gasteiger partial charge in [0, 0.05) is 18.2 Å². The molecule has 0 aliphatic carbocycles. The number of carbonyl (C=O) groups excluding carboxylic acids is 1. The van der Waals surface area contributed by atoms with E-state index in [1.807, 2.05) is 13.8 Å². The fourth-order valence-electron chi connectivity index (χ4n) is 1.63. The highest BCUT2D eigenvalue weighted by molar-refractivity contribution is 5.94. The number of amides is 1. The lowest BCUT2D eigenvalue weighted by Gasteiger charge is -2.13. The second-order valence-electron chi connectivity index (χ2n) is 4.29. The van der Waals surface area contributed by atoms with Crippen LogP contribution in [0.15, 0.2) is 36.9 Å². The lowest BCUT2D eigenvalue weighted by Crippen LogP contribution is -2.38. The number of likely N-dealkylation sites (N-methyl/N-ethyl adjacent to an activating group) is 1. The molecule has 1 aromatic rings. The van der Waals surface area contributed by atoms with Gasteiger partial charge in [0.1, 0.15) is 12.4 Å². The first-order valence-corrected chi connectivity index (χ1v) is 6.52. The molecule has 1 atom stereocenters. The summed E-state index contributed by atoms with van der Waals surface area (Å²) in [4.78, 5) is 11.9. The molecule has 2 N–H and O–H groups in total. The van der Waals surface area contributed by atoms with Crippen molar-refractivity contribution in [1.82, 2.24) is 10.6 Å². The highest BCUT2D eigenvalue weighted by Gasteiger charge is 2.07. The highest BCUT2D eigenvalue weighted by atomic mass is 35.5. The summed E-state index contributed by atoms with van der Waals surface area (Å²) in [5, 5.41) is 6.13. The molecule has 0 aliphatic heterocycles. The maximum absolute atomic E-state index is 11.9. The van der Waals surface area contributed by atoms with E-state index < -0.39 is 0 Å². The molecule has 0 fully saturated rings. The number of benzene rings is 1. The monoisotopic (exact) mass is 298 g/mol. The quantitative estimate of drug-likeness (QED) is 0.725. The lowest BCUT2D eigenvalue weighted by atomic mass is 10.2. The summed E-state index contributed by atoms with van der Waals surface area (Å²) in [6.45, 7) is 9.63. The molecule has 0 bridgehead atoms. The molecule has 112 valence electrons. The topological polar surface area (TPSA) is 50.4 Å². The maximum atomic E-state index is 11.9. The van der Waals surface area contributed by atoms with Crippen molar-refractivity contribution in [2.24, 2.45) is 0 Å². The van der Waals surface area contributed by atoms with Gasteiger partial charge in [-0.3, -0.25) is 4.79 Å². The molecule has 0 heterocycles. The molecule has 0 aromatic heterocycles. The van der Waals surface area contributed by atoms with Crippen molar-refractivity contribution in [1.29, 1.82) is 0 Å². The van der Waals surface area contributed by atoms with Crippen molar-refractivity contribution in [2.75, 3.05) is 19.7 Å². The molecule has 0 unspecified atom stereocenters. The van der Waals surface area contributed by atoms with Gasteiger partial charge in [-0.2, -0.15) is 0 Å². The van der Waals surface area contributed by atoms with E-state index in [-0.39, 0.29) is 24.4 Å². The van der Waals surface area contributed by atoms with Crippen LogP contribution in [-0.4, -0.2) is 31.6 Å². The van der Waals surface area contributed by atoms with Crippen LogP contribution in [0.25, 0.3) is 0 Å². The Hall–Kier alpha value is -1.52. The minimum absolute atomic E-state index is 0. The van der Waals surface area contributed by atoms with E-state index in [1.54, 1.807) is 30.3 Å². The fraction of sp³-hybridized carbons (Fsp3) is 0.400. The van der Waals surface area contributed by atoms with Gasteiger partial charge < -0.3 is 15.4 Å². The van der Waals surface area contributed by atoms with E-state index >= 15 is 0 Å². The lowest BCUT2D eigenvalue weighted by molar-refractivity contribution is 0.0950. The number of nitrogens with one attached hydrogen (secondary N) is 2. The Bertz CT molecular complexity index is 407. The number of hydrogen-bond donors (Lipinski definition) is 2. The smallest absolute Gasteiger partial charge is 0.251 e. The Morgan fingerprint density at radius 1 is 1.40 bits per heavy atom. The normalized spacial score (nSPS) is 11.1. The zero-order chi connectivity index (χ0) is 14.1. The fourth-order valence-corrected chi connectivity index (χ4v) is 1.63. The average Bonchev–Trinajstić information content (AvgIpc) is 2.43. The second kappa shape index (κ2) is 10.3. The largest absolute Gasteiger partial charge is 0.490 e. The van der Waals surface area contributed by atoms with E-state index in [0.29, 0.717) is 18.7 Å². The van der Waals surface area contributed by atoms with Gasteiger partial charge in [-0.1, -0.05) is 19.6 Å². The summed E-state index contributed by atoms with van der Waals surface area (Å²) in [5.74, 6) is 0.664. The number of ether oxygens (including phenoxy) is 1. The van der Waals surface area contributed by atoms with E-state index in [0.717, 1.165) is 12.3 Å². The Morgan fingerprint density at radius 3 is 2.60 bits per heavy atom. The second-order valence-corrected chi connectivity index (χ2v) is 4.29. The molecular formula is C15H23ClN2O2. The van der Waals surface area contributed by atoms with Crippen molar-refractivity contribution in [3.8, 4) is 5.75 Å². The van der Waals surface area contributed by atoms with Crippen molar-refractivity contribution in [3.63, 3.8) is 0 Å². The Kier molecular flexibility index (Phi) is 9.51. The first-order chi connectivity index (χ1) is 9.17. The molecule has 0 radical (unpaired) electrons. The van der Waals surface area contributed by atoms with Crippen LogP contribution in [0, 0.1) is 0 Å². The molecule has 0 aliphatic rings. The molecule has 1 aromatic carbocycles. The van der Waals surface area contributed by atoms with Crippen LogP contribution in [-0.2, 0) is 0 Å². The van der Waals surface area contributed by atoms with Crippen molar-refractivity contribution >= 4 is 18.3 Å². The van der Waals surface area contributed by atoms with Crippen LogP contribution >= 0.6 is 12.4 Å².